The lowest BCUT2D eigenvalue weighted by Crippen LogP contribution is -2.31. The van der Waals surface area contributed by atoms with Gasteiger partial charge in [-0.15, -0.1) is 0 Å². The number of amides is 1. The maximum absolute atomic E-state index is 11.4. The molecule has 0 unspecified atom stereocenters. The van der Waals surface area contributed by atoms with Crippen molar-refractivity contribution in [2.75, 3.05) is 19.8 Å². The highest BCUT2D eigenvalue weighted by atomic mass is 16.5. The maximum atomic E-state index is 11.4. The van der Waals surface area contributed by atoms with Gasteiger partial charge in [-0.1, -0.05) is 0 Å². The molecular formula is C12H21NO4. The zero-order chi connectivity index (χ0) is 12.7. The number of aliphatic hydroxyl groups is 1. The number of rotatable bonds is 8. The molecule has 17 heavy (non-hydrogen) atoms. The Labute approximate surface area is 102 Å². The molecule has 1 rings (SSSR count). The number of hydrogen-bond donors (Lipinski definition) is 2. The molecule has 1 amide bonds. The lowest BCUT2D eigenvalue weighted by Gasteiger charge is -2.14. The third kappa shape index (κ3) is 5.17. The van der Waals surface area contributed by atoms with Gasteiger partial charge in [0.25, 0.3) is 0 Å². The fourth-order valence-corrected chi connectivity index (χ4v) is 1.75. The minimum atomic E-state index is -0.334. The van der Waals surface area contributed by atoms with E-state index < -0.39 is 0 Å². The fraction of sp³-hybridized carbons (Fsp3) is 0.833. The molecule has 0 bridgehead atoms. The quantitative estimate of drug-likeness (QED) is 0.612. The number of aliphatic hydroxyl groups excluding tert-OH is 1. The molecule has 98 valence electrons. The smallest absolute Gasteiger partial charge is 0.306 e. The third-order valence-corrected chi connectivity index (χ3v) is 3.12. The molecule has 0 aromatic heterocycles. The minimum Gasteiger partial charge on any atom is -0.466 e. The molecule has 0 atom stereocenters. The van der Waals surface area contributed by atoms with Gasteiger partial charge in [0, 0.05) is 19.6 Å². The van der Waals surface area contributed by atoms with Crippen LogP contribution in [0.2, 0.25) is 0 Å². The first-order valence-corrected chi connectivity index (χ1v) is 6.15. The second kappa shape index (κ2) is 6.59. The Morgan fingerprint density at radius 1 is 1.35 bits per heavy atom. The van der Waals surface area contributed by atoms with Crippen LogP contribution in [-0.2, 0) is 14.3 Å². The fourth-order valence-electron chi connectivity index (χ4n) is 1.75. The van der Waals surface area contributed by atoms with Crippen LogP contribution >= 0.6 is 0 Å². The van der Waals surface area contributed by atoms with E-state index in [4.69, 9.17) is 9.84 Å². The number of ether oxygens (including phenoxy) is 1. The van der Waals surface area contributed by atoms with E-state index in [1.54, 1.807) is 6.92 Å². The molecule has 0 spiro atoms. The van der Waals surface area contributed by atoms with Gasteiger partial charge in [-0.3, -0.25) is 9.59 Å². The summed E-state index contributed by atoms with van der Waals surface area (Å²) in [6, 6.07) is 0. The van der Waals surface area contributed by atoms with Crippen LogP contribution in [0.4, 0.5) is 0 Å². The molecule has 0 aromatic rings. The van der Waals surface area contributed by atoms with Crippen LogP contribution in [0.1, 0.15) is 39.0 Å². The Balaban J connectivity index is 2.11. The van der Waals surface area contributed by atoms with Gasteiger partial charge in [0.05, 0.1) is 13.0 Å². The highest BCUT2D eigenvalue weighted by molar-refractivity contribution is 5.81. The van der Waals surface area contributed by atoms with Crippen LogP contribution in [0, 0.1) is 5.41 Å². The lowest BCUT2D eigenvalue weighted by molar-refractivity contribution is -0.144. The molecule has 1 aliphatic carbocycles. The van der Waals surface area contributed by atoms with Crippen molar-refractivity contribution in [1.29, 1.82) is 0 Å². The first-order chi connectivity index (χ1) is 8.12. The van der Waals surface area contributed by atoms with Crippen LogP contribution in [0.15, 0.2) is 0 Å². The van der Waals surface area contributed by atoms with Crippen molar-refractivity contribution in [3.63, 3.8) is 0 Å². The highest BCUT2D eigenvalue weighted by Gasteiger charge is 2.41. The Bertz CT molecular complexity index is 274. The van der Waals surface area contributed by atoms with Crippen molar-refractivity contribution < 1.29 is 19.4 Å². The molecule has 0 aliphatic heterocycles. The first kappa shape index (κ1) is 14.0. The topological polar surface area (TPSA) is 75.6 Å². The van der Waals surface area contributed by atoms with Gasteiger partial charge >= 0.3 is 5.97 Å². The average molecular weight is 243 g/mol. The molecule has 5 nitrogen and oxygen atoms in total. The van der Waals surface area contributed by atoms with E-state index in [-0.39, 0.29) is 36.7 Å². The van der Waals surface area contributed by atoms with Gasteiger partial charge in [0.1, 0.15) is 0 Å². The average Bonchev–Trinajstić information content (AvgIpc) is 3.05. The number of esters is 1. The molecule has 0 heterocycles. The highest BCUT2D eigenvalue weighted by Crippen LogP contribution is 2.47. The molecular weight excluding hydrogens is 222 g/mol. The summed E-state index contributed by atoms with van der Waals surface area (Å²) >= 11 is 0. The minimum absolute atomic E-state index is 0.119. The molecule has 0 radical (unpaired) electrons. The van der Waals surface area contributed by atoms with E-state index in [0.717, 1.165) is 19.3 Å². The van der Waals surface area contributed by atoms with Gasteiger partial charge in [-0.05, 0) is 31.6 Å². The van der Waals surface area contributed by atoms with Crippen LogP contribution in [0.5, 0.6) is 0 Å². The predicted octanol–water partition coefficient (Wildman–Crippen LogP) is 0.608. The van der Waals surface area contributed by atoms with Gasteiger partial charge in [0.2, 0.25) is 5.91 Å². The Kier molecular flexibility index (Phi) is 5.41. The van der Waals surface area contributed by atoms with E-state index in [1.165, 1.54) is 0 Å². The van der Waals surface area contributed by atoms with E-state index in [0.29, 0.717) is 13.2 Å². The van der Waals surface area contributed by atoms with Crippen LogP contribution in [0.25, 0.3) is 0 Å². The second-order valence-corrected chi connectivity index (χ2v) is 4.56. The largest absolute Gasteiger partial charge is 0.466 e. The normalized spacial score (nSPS) is 16.4. The molecule has 1 aliphatic rings. The SMILES string of the molecule is CCOC(=O)CCC(=O)NCC1(CCO)CC1. The third-order valence-electron chi connectivity index (χ3n) is 3.12. The standard InChI is InChI=1S/C12H21NO4/c1-2-17-11(16)4-3-10(15)13-9-12(5-6-12)7-8-14/h14H,2-9H2,1H3,(H,13,15). The molecule has 0 aromatic carbocycles. The summed E-state index contributed by atoms with van der Waals surface area (Å²) in [7, 11) is 0. The van der Waals surface area contributed by atoms with Gasteiger partial charge < -0.3 is 15.2 Å². The summed E-state index contributed by atoms with van der Waals surface area (Å²) in [6.07, 6.45) is 3.17. The van der Waals surface area contributed by atoms with Crippen molar-refractivity contribution in [1.82, 2.24) is 5.32 Å². The summed E-state index contributed by atoms with van der Waals surface area (Å²) in [4.78, 5) is 22.5. The number of nitrogens with one attached hydrogen (secondary N) is 1. The summed E-state index contributed by atoms with van der Waals surface area (Å²) in [5, 5.41) is 11.7. The van der Waals surface area contributed by atoms with E-state index in [2.05, 4.69) is 5.32 Å². The Hall–Kier alpha value is -1.10. The van der Waals surface area contributed by atoms with E-state index in [9.17, 15) is 9.59 Å². The van der Waals surface area contributed by atoms with Crippen LogP contribution in [-0.4, -0.2) is 36.7 Å². The second-order valence-electron chi connectivity index (χ2n) is 4.56. The molecule has 1 fully saturated rings. The Morgan fingerprint density at radius 3 is 2.59 bits per heavy atom. The number of carbonyl (C=O) groups excluding carboxylic acids is 2. The zero-order valence-electron chi connectivity index (χ0n) is 10.3. The summed E-state index contributed by atoms with van der Waals surface area (Å²) in [6.45, 7) is 2.86. The van der Waals surface area contributed by atoms with Gasteiger partial charge in [-0.2, -0.15) is 0 Å². The predicted molar refractivity (Wildman–Crippen MR) is 62.2 cm³/mol. The monoisotopic (exact) mass is 243 g/mol. The van der Waals surface area contributed by atoms with Crippen molar-refractivity contribution in [3.05, 3.63) is 0 Å². The molecule has 2 N–H and O–H groups in total. The van der Waals surface area contributed by atoms with Crippen LogP contribution < -0.4 is 5.32 Å². The molecule has 5 heteroatoms. The molecule has 0 saturated heterocycles. The van der Waals surface area contributed by atoms with E-state index >= 15 is 0 Å². The lowest BCUT2D eigenvalue weighted by atomic mass is 10.0. The molecule has 1 saturated carbocycles. The van der Waals surface area contributed by atoms with Crippen molar-refractivity contribution in [2.24, 2.45) is 5.41 Å². The van der Waals surface area contributed by atoms with E-state index in [1.807, 2.05) is 0 Å². The summed E-state index contributed by atoms with van der Waals surface area (Å²) in [5.41, 5.74) is 0.119. The first-order valence-electron chi connectivity index (χ1n) is 6.15. The van der Waals surface area contributed by atoms with Gasteiger partial charge in [0.15, 0.2) is 0 Å². The Morgan fingerprint density at radius 2 is 2.06 bits per heavy atom. The van der Waals surface area contributed by atoms with Crippen molar-refractivity contribution in [2.45, 2.75) is 39.0 Å². The van der Waals surface area contributed by atoms with Crippen molar-refractivity contribution >= 4 is 11.9 Å². The zero-order valence-corrected chi connectivity index (χ0v) is 10.3. The number of hydrogen-bond acceptors (Lipinski definition) is 4. The van der Waals surface area contributed by atoms with Crippen molar-refractivity contribution in [3.8, 4) is 0 Å². The maximum Gasteiger partial charge on any atom is 0.306 e. The van der Waals surface area contributed by atoms with Gasteiger partial charge in [-0.25, -0.2) is 0 Å². The summed E-state index contributed by atoms with van der Waals surface area (Å²) < 4.78 is 4.74. The number of carbonyl (C=O) groups is 2. The summed E-state index contributed by atoms with van der Waals surface area (Å²) in [5.74, 6) is -0.457. The van der Waals surface area contributed by atoms with Crippen LogP contribution in [0.3, 0.4) is 0 Å².